The number of nitrogens with one attached hydrogen (secondary N) is 1. The van der Waals surface area contributed by atoms with E-state index in [1.54, 1.807) is 24.3 Å². The molecule has 0 saturated carbocycles. The number of halogens is 1. The van der Waals surface area contributed by atoms with Gasteiger partial charge in [-0.25, -0.2) is 0 Å². The number of para-hydroxylation sites is 1. The first kappa shape index (κ1) is 18.0. The van der Waals surface area contributed by atoms with Crippen molar-refractivity contribution in [1.82, 2.24) is 4.90 Å². The molecule has 2 rings (SSSR count). The first-order valence-corrected chi connectivity index (χ1v) is 8.23. The number of hydrogen-bond acceptors (Lipinski definition) is 4. The van der Waals surface area contributed by atoms with E-state index in [-0.39, 0.29) is 12.5 Å². The predicted octanol–water partition coefficient (Wildman–Crippen LogP) is 3.27. The molecule has 124 valence electrons. The second kappa shape index (κ2) is 9.06. The zero-order valence-electron chi connectivity index (χ0n) is 13.3. The minimum Gasteiger partial charge on any atom is -0.492 e. The second-order valence-corrected chi connectivity index (χ2v) is 6.16. The van der Waals surface area contributed by atoms with Crippen molar-refractivity contribution in [2.24, 2.45) is 0 Å². The average Bonchev–Trinajstić information content (AvgIpc) is 2.57. The number of anilines is 1. The van der Waals surface area contributed by atoms with Crippen LogP contribution in [0.3, 0.4) is 0 Å². The fourth-order valence-corrected chi connectivity index (χ4v) is 2.32. The third-order valence-corrected chi connectivity index (χ3v) is 3.82. The summed E-state index contributed by atoms with van der Waals surface area (Å²) in [5.41, 5.74) is 0.983. The Bertz CT molecular complexity index is 726. The van der Waals surface area contributed by atoms with Gasteiger partial charge in [-0.1, -0.05) is 28.1 Å². The number of likely N-dealkylation sites (N-methyl/N-ethyl adjacent to an activating group) is 1. The van der Waals surface area contributed by atoms with Gasteiger partial charge in [0.2, 0.25) is 5.91 Å². The van der Waals surface area contributed by atoms with Gasteiger partial charge in [-0.15, -0.1) is 0 Å². The van der Waals surface area contributed by atoms with Gasteiger partial charge in [0.05, 0.1) is 17.8 Å². The van der Waals surface area contributed by atoms with Crippen LogP contribution in [0.25, 0.3) is 0 Å². The first-order chi connectivity index (χ1) is 11.6. The SMILES string of the molecule is CN(CCOc1ccc(Br)cc1)CC(=O)Nc1ccccc1C#N. The lowest BCUT2D eigenvalue weighted by Crippen LogP contribution is -2.33. The van der Waals surface area contributed by atoms with Crippen LogP contribution >= 0.6 is 15.9 Å². The number of carbonyl (C=O) groups is 1. The van der Waals surface area contributed by atoms with E-state index in [2.05, 4.69) is 27.3 Å². The van der Waals surface area contributed by atoms with Crippen LogP contribution in [-0.2, 0) is 4.79 Å². The van der Waals surface area contributed by atoms with Gasteiger partial charge in [0.15, 0.2) is 0 Å². The van der Waals surface area contributed by atoms with E-state index in [4.69, 9.17) is 10.00 Å². The summed E-state index contributed by atoms with van der Waals surface area (Å²) < 4.78 is 6.63. The van der Waals surface area contributed by atoms with Crippen LogP contribution in [0, 0.1) is 11.3 Å². The van der Waals surface area contributed by atoms with Gasteiger partial charge < -0.3 is 10.1 Å². The third kappa shape index (κ3) is 5.69. The highest BCUT2D eigenvalue weighted by Gasteiger charge is 2.09. The van der Waals surface area contributed by atoms with E-state index < -0.39 is 0 Å². The van der Waals surface area contributed by atoms with Crippen molar-refractivity contribution in [3.8, 4) is 11.8 Å². The molecule has 2 aromatic rings. The summed E-state index contributed by atoms with van der Waals surface area (Å²) in [4.78, 5) is 13.9. The van der Waals surface area contributed by atoms with Crippen LogP contribution in [0.4, 0.5) is 5.69 Å². The molecule has 1 amide bonds. The molecule has 0 aliphatic heterocycles. The molecule has 0 fully saturated rings. The molecule has 2 aromatic carbocycles. The summed E-state index contributed by atoms with van der Waals surface area (Å²) in [5, 5.41) is 11.8. The molecule has 24 heavy (non-hydrogen) atoms. The molecule has 0 radical (unpaired) electrons. The number of hydrogen-bond donors (Lipinski definition) is 1. The number of rotatable bonds is 7. The monoisotopic (exact) mass is 387 g/mol. The van der Waals surface area contributed by atoms with Crippen molar-refractivity contribution in [2.75, 3.05) is 32.1 Å². The molecule has 0 aromatic heterocycles. The minimum absolute atomic E-state index is 0.163. The lowest BCUT2D eigenvalue weighted by molar-refractivity contribution is -0.117. The van der Waals surface area contributed by atoms with E-state index in [0.717, 1.165) is 10.2 Å². The second-order valence-electron chi connectivity index (χ2n) is 5.25. The Balaban J connectivity index is 1.75. The predicted molar refractivity (Wildman–Crippen MR) is 96.9 cm³/mol. The summed E-state index contributed by atoms with van der Waals surface area (Å²) >= 11 is 3.37. The molecule has 0 spiro atoms. The highest BCUT2D eigenvalue weighted by Crippen LogP contribution is 2.16. The normalized spacial score (nSPS) is 10.2. The molecular weight excluding hydrogens is 370 g/mol. The van der Waals surface area contributed by atoms with Crippen LogP contribution in [-0.4, -0.2) is 37.6 Å². The van der Waals surface area contributed by atoms with Crippen LogP contribution in [0.5, 0.6) is 5.75 Å². The van der Waals surface area contributed by atoms with Crippen LogP contribution < -0.4 is 10.1 Å². The summed E-state index contributed by atoms with van der Waals surface area (Å²) in [6.45, 7) is 1.33. The number of benzene rings is 2. The van der Waals surface area contributed by atoms with Crippen molar-refractivity contribution in [3.63, 3.8) is 0 Å². The lowest BCUT2D eigenvalue weighted by atomic mass is 10.2. The maximum Gasteiger partial charge on any atom is 0.238 e. The summed E-state index contributed by atoms with van der Waals surface area (Å²) in [6, 6.07) is 16.6. The molecule has 0 aliphatic carbocycles. The average molecular weight is 388 g/mol. The van der Waals surface area contributed by atoms with Crippen LogP contribution in [0.15, 0.2) is 53.0 Å². The fraction of sp³-hybridized carbons (Fsp3) is 0.222. The maximum absolute atomic E-state index is 12.1. The Labute approximate surface area is 150 Å². The van der Waals surface area contributed by atoms with Gasteiger partial charge in [0, 0.05) is 11.0 Å². The first-order valence-electron chi connectivity index (χ1n) is 7.44. The largest absolute Gasteiger partial charge is 0.492 e. The maximum atomic E-state index is 12.1. The number of nitriles is 1. The summed E-state index contributed by atoms with van der Waals surface area (Å²) in [6.07, 6.45) is 0. The van der Waals surface area contributed by atoms with Crippen LogP contribution in [0.2, 0.25) is 0 Å². The quantitative estimate of drug-likeness (QED) is 0.791. The molecule has 0 aliphatic rings. The summed E-state index contributed by atoms with van der Waals surface area (Å²) in [5.74, 6) is 0.628. The highest BCUT2D eigenvalue weighted by molar-refractivity contribution is 9.10. The molecule has 5 nitrogen and oxygen atoms in total. The summed E-state index contributed by atoms with van der Waals surface area (Å²) in [7, 11) is 1.85. The van der Waals surface area contributed by atoms with Crippen molar-refractivity contribution in [1.29, 1.82) is 5.26 Å². The molecule has 0 bridgehead atoms. The Kier molecular flexibility index (Phi) is 6.79. The van der Waals surface area contributed by atoms with E-state index in [0.29, 0.717) is 24.4 Å². The van der Waals surface area contributed by atoms with E-state index in [9.17, 15) is 4.79 Å². The minimum atomic E-state index is -0.163. The smallest absolute Gasteiger partial charge is 0.238 e. The lowest BCUT2D eigenvalue weighted by Gasteiger charge is -2.17. The Hall–Kier alpha value is -2.36. The van der Waals surface area contributed by atoms with Crippen molar-refractivity contribution in [3.05, 3.63) is 58.6 Å². The zero-order chi connectivity index (χ0) is 17.4. The van der Waals surface area contributed by atoms with E-state index in [1.807, 2.05) is 36.2 Å². The van der Waals surface area contributed by atoms with Crippen molar-refractivity contribution >= 4 is 27.5 Å². The van der Waals surface area contributed by atoms with Gasteiger partial charge in [0.1, 0.15) is 18.4 Å². The Morgan fingerprint density at radius 2 is 1.96 bits per heavy atom. The van der Waals surface area contributed by atoms with E-state index in [1.165, 1.54) is 0 Å². The molecular formula is C18H18BrN3O2. The topological polar surface area (TPSA) is 65.4 Å². The van der Waals surface area contributed by atoms with Gasteiger partial charge in [-0.3, -0.25) is 9.69 Å². The van der Waals surface area contributed by atoms with E-state index >= 15 is 0 Å². The number of amides is 1. The number of carbonyl (C=O) groups excluding carboxylic acids is 1. The van der Waals surface area contributed by atoms with Gasteiger partial charge in [-0.05, 0) is 43.4 Å². The van der Waals surface area contributed by atoms with Crippen molar-refractivity contribution < 1.29 is 9.53 Å². The van der Waals surface area contributed by atoms with Crippen molar-refractivity contribution in [2.45, 2.75) is 0 Å². The zero-order valence-corrected chi connectivity index (χ0v) is 14.9. The molecule has 0 heterocycles. The van der Waals surface area contributed by atoms with Gasteiger partial charge in [-0.2, -0.15) is 5.26 Å². The van der Waals surface area contributed by atoms with Gasteiger partial charge in [0.25, 0.3) is 0 Å². The van der Waals surface area contributed by atoms with Gasteiger partial charge >= 0.3 is 0 Å². The molecule has 0 saturated heterocycles. The number of nitrogens with zero attached hydrogens (tertiary/aromatic N) is 2. The number of ether oxygens (including phenoxy) is 1. The molecule has 0 atom stereocenters. The standard InChI is InChI=1S/C18H18BrN3O2/c1-22(10-11-24-16-8-6-15(19)7-9-16)13-18(23)21-17-5-3-2-4-14(17)12-20/h2-9H,10-11,13H2,1H3,(H,21,23). The van der Waals surface area contributed by atoms with Crippen LogP contribution in [0.1, 0.15) is 5.56 Å². The Morgan fingerprint density at radius 3 is 2.67 bits per heavy atom. The molecule has 6 heteroatoms. The Morgan fingerprint density at radius 1 is 1.25 bits per heavy atom. The highest BCUT2D eigenvalue weighted by atomic mass is 79.9. The molecule has 1 N–H and O–H groups in total. The third-order valence-electron chi connectivity index (χ3n) is 3.29. The molecule has 0 unspecified atom stereocenters. The fourth-order valence-electron chi connectivity index (χ4n) is 2.05.